The third-order valence-corrected chi connectivity index (χ3v) is 4.20. The molecule has 1 heterocycles. The number of amides is 1. The summed E-state index contributed by atoms with van der Waals surface area (Å²) in [5, 5.41) is 9.51. The maximum absolute atomic E-state index is 12.6. The lowest BCUT2D eigenvalue weighted by atomic mass is 9.76. The number of piperidine rings is 1. The first-order valence-electron chi connectivity index (χ1n) is 7.19. The highest BCUT2D eigenvalue weighted by Gasteiger charge is 2.44. The molecule has 2 rings (SSSR count). The van der Waals surface area contributed by atoms with Crippen LogP contribution in [0.3, 0.4) is 0 Å². The minimum atomic E-state index is -0.938. The summed E-state index contributed by atoms with van der Waals surface area (Å²) >= 11 is 0. The highest BCUT2D eigenvalue weighted by molar-refractivity contribution is 5.97. The van der Waals surface area contributed by atoms with E-state index < -0.39 is 17.4 Å². The number of hydrogen-bond acceptors (Lipinski definition) is 3. The van der Waals surface area contributed by atoms with Crippen molar-refractivity contribution in [1.29, 1.82) is 0 Å². The predicted molar refractivity (Wildman–Crippen MR) is 79.8 cm³/mol. The van der Waals surface area contributed by atoms with Crippen molar-refractivity contribution < 1.29 is 14.7 Å². The van der Waals surface area contributed by atoms with Crippen LogP contribution in [-0.4, -0.2) is 34.5 Å². The van der Waals surface area contributed by atoms with Gasteiger partial charge in [-0.15, -0.1) is 0 Å². The summed E-state index contributed by atoms with van der Waals surface area (Å²) in [6.07, 6.45) is 1.63. The molecule has 0 spiro atoms. The highest BCUT2D eigenvalue weighted by Crippen LogP contribution is 2.36. The standard InChI is InChI=1S/C16H22N2O3/c1-16(2)8-3-9-18(13(16)15(20)21)14(19)12-6-4-11(10-17)5-7-12/h4-7,13H,3,8-10,17H2,1-2H3,(H,20,21). The molecule has 0 saturated carbocycles. The minimum absolute atomic E-state index is 0.223. The molecule has 1 atom stereocenters. The average Bonchev–Trinajstić information content (AvgIpc) is 2.45. The Balaban J connectivity index is 2.28. The van der Waals surface area contributed by atoms with Gasteiger partial charge in [0.2, 0.25) is 0 Å². The van der Waals surface area contributed by atoms with E-state index >= 15 is 0 Å². The van der Waals surface area contributed by atoms with E-state index in [0.717, 1.165) is 18.4 Å². The van der Waals surface area contributed by atoms with Crippen molar-refractivity contribution in [2.45, 2.75) is 39.3 Å². The first-order valence-corrected chi connectivity index (χ1v) is 7.19. The number of nitrogens with two attached hydrogens (primary N) is 1. The third kappa shape index (κ3) is 3.08. The summed E-state index contributed by atoms with van der Waals surface area (Å²) in [4.78, 5) is 25.7. The molecule has 114 valence electrons. The van der Waals surface area contributed by atoms with Crippen molar-refractivity contribution in [2.24, 2.45) is 11.1 Å². The zero-order chi connectivity index (χ0) is 15.6. The van der Waals surface area contributed by atoms with E-state index in [1.807, 2.05) is 13.8 Å². The molecular weight excluding hydrogens is 268 g/mol. The Morgan fingerprint density at radius 3 is 2.48 bits per heavy atom. The van der Waals surface area contributed by atoms with Gasteiger partial charge in [0, 0.05) is 18.7 Å². The van der Waals surface area contributed by atoms with E-state index in [9.17, 15) is 14.7 Å². The molecule has 0 aromatic heterocycles. The fourth-order valence-electron chi connectivity index (χ4n) is 3.03. The number of benzene rings is 1. The molecule has 1 aliphatic rings. The Kier molecular flexibility index (Phi) is 4.32. The normalized spacial score (nSPS) is 21.1. The van der Waals surface area contributed by atoms with Crippen LogP contribution in [0.5, 0.6) is 0 Å². The number of likely N-dealkylation sites (tertiary alicyclic amines) is 1. The Bertz CT molecular complexity index is 537. The maximum atomic E-state index is 12.6. The Morgan fingerprint density at radius 1 is 1.33 bits per heavy atom. The lowest BCUT2D eigenvalue weighted by Gasteiger charge is -2.44. The predicted octanol–water partition coefficient (Wildman–Crippen LogP) is 1.86. The van der Waals surface area contributed by atoms with Crippen LogP contribution in [0.2, 0.25) is 0 Å². The molecule has 3 N–H and O–H groups in total. The van der Waals surface area contributed by atoms with E-state index in [4.69, 9.17) is 5.73 Å². The SMILES string of the molecule is CC1(C)CCCN(C(=O)c2ccc(CN)cc2)C1C(=O)O. The maximum Gasteiger partial charge on any atom is 0.326 e. The van der Waals surface area contributed by atoms with Gasteiger partial charge >= 0.3 is 5.97 Å². The molecule has 1 unspecified atom stereocenters. The summed E-state index contributed by atoms with van der Waals surface area (Å²) in [7, 11) is 0. The Labute approximate surface area is 124 Å². The second-order valence-corrected chi connectivity index (χ2v) is 6.23. The highest BCUT2D eigenvalue weighted by atomic mass is 16.4. The van der Waals surface area contributed by atoms with Gasteiger partial charge in [0.15, 0.2) is 0 Å². The fraction of sp³-hybridized carbons (Fsp3) is 0.500. The first-order chi connectivity index (χ1) is 9.86. The quantitative estimate of drug-likeness (QED) is 0.890. The van der Waals surface area contributed by atoms with Crippen molar-refractivity contribution in [3.63, 3.8) is 0 Å². The Hall–Kier alpha value is -1.88. The molecule has 1 saturated heterocycles. The number of carbonyl (C=O) groups excluding carboxylic acids is 1. The summed E-state index contributed by atoms with van der Waals surface area (Å²) < 4.78 is 0. The van der Waals surface area contributed by atoms with Crippen LogP contribution < -0.4 is 5.73 Å². The van der Waals surface area contributed by atoms with Gasteiger partial charge in [-0.1, -0.05) is 26.0 Å². The zero-order valence-corrected chi connectivity index (χ0v) is 12.5. The molecule has 21 heavy (non-hydrogen) atoms. The summed E-state index contributed by atoms with van der Waals surface area (Å²) in [6.45, 7) is 4.71. The number of hydrogen-bond donors (Lipinski definition) is 2. The average molecular weight is 290 g/mol. The van der Waals surface area contributed by atoms with Crippen LogP contribution in [0.25, 0.3) is 0 Å². The molecule has 5 heteroatoms. The summed E-state index contributed by atoms with van der Waals surface area (Å²) in [5.41, 5.74) is 6.58. The number of carboxylic acids is 1. The first kappa shape index (κ1) is 15.5. The van der Waals surface area contributed by atoms with Crippen molar-refractivity contribution in [1.82, 2.24) is 4.90 Å². The van der Waals surface area contributed by atoms with Gasteiger partial charge in [-0.3, -0.25) is 4.79 Å². The molecule has 0 radical (unpaired) electrons. The van der Waals surface area contributed by atoms with Gasteiger partial charge in [-0.05, 0) is 36.0 Å². The molecule has 1 fully saturated rings. The number of rotatable bonds is 3. The largest absolute Gasteiger partial charge is 0.480 e. The molecule has 1 aromatic carbocycles. The smallest absolute Gasteiger partial charge is 0.326 e. The Morgan fingerprint density at radius 2 is 1.95 bits per heavy atom. The molecule has 0 aliphatic carbocycles. The van der Waals surface area contributed by atoms with Gasteiger partial charge in [0.1, 0.15) is 6.04 Å². The number of aliphatic carboxylic acids is 1. The molecule has 0 bridgehead atoms. The second-order valence-electron chi connectivity index (χ2n) is 6.23. The van der Waals surface area contributed by atoms with Gasteiger partial charge in [0.25, 0.3) is 5.91 Å². The van der Waals surface area contributed by atoms with Crippen molar-refractivity contribution in [3.8, 4) is 0 Å². The minimum Gasteiger partial charge on any atom is -0.480 e. The molecule has 1 aromatic rings. The van der Waals surface area contributed by atoms with Crippen LogP contribution in [-0.2, 0) is 11.3 Å². The van der Waals surface area contributed by atoms with E-state index in [-0.39, 0.29) is 5.91 Å². The van der Waals surface area contributed by atoms with E-state index in [0.29, 0.717) is 18.7 Å². The van der Waals surface area contributed by atoms with Crippen molar-refractivity contribution in [2.75, 3.05) is 6.54 Å². The van der Waals surface area contributed by atoms with Gasteiger partial charge < -0.3 is 15.7 Å². The molecule has 5 nitrogen and oxygen atoms in total. The van der Waals surface area contributed by atoms with E-state index in [1.165, 1.54) is 4.90 Å². The van der Waals surface area contributed by atoms with Crippen LogP contribution in [0.1, 0.15) is 42.6 Å². The van der Waals surface area contributed by atoms with Crippen LogP contribution in [0.4, 0.5) is 0 Å². The summed E-state index contributed by atoms with van der Waals surface area (Å²) in [5.74, 6) is -1.16. The number of carbonyl (C=O) groups is 2. The summed E-state index contributed by atoms with van der Waals surface area (Å²) in [6, 6.07) is 6.25. The lowest BCUT2D eigenvalue weighted by Crippen LogP contribution is -2.56. The van der Waals surface area contributed by atoms with E-state index in [2.05, 4.69) is 0 Å². The van der Waals surface area contributed by atoms with Gasteiger partial charge in [-0.25, -0.2) is 4.79 Å². The van der Waals surface area contributed by atoms with Gasteiger partial charge in [0.05, 0.1) is 0 Å². The van der Waals surface area contributed by atoms with Crippen LogP contribution >= 0.6 is 0 Å². The molecule has 1 amide bonds. The topological polar surface area (TPSA) is 83.6 Å². The van der Waals surface area contributed by atoms with Crippen LogP contribution in [0.15, 0.2) is 24.3 Å². The third-order valence-electron chi connectivity index (χ3n) is 4.20. The zero-order valence-electron chi connectivity index (χ0n) is 12.5. The molecule has 1 aliphatic heterocycles. The number of nitrogens with zero attached hydrogens (tertiary/aromatic N) is 1. The van der Waals surface area contributed by atoms with E-state index in [1.54, 1.807) is 24.3 Å². The second kappa shape index (κ2) is 5.85. The number of carboxylic acid groups (broad SMARTS) is 1. The van der Waals surface area contributed by atoms with Crippen molar-refractivity contribution in [3.05, 3.63) is 35.4 Å². The van der Waals surface area contributed by atoms with Gasteiger partial charge in [-0.2, -0.15) is 0 Å². The van der Waals surface area contributed by atoms with Crippen molar-refractivity contribution >= 4 is 11.9 Å². The fourth-order valence-corrected chi connectivity index (χ4v) is 3.03. The lowest BCUT2D eigenvalue weighted by molar-refractivity contribution is -0.148. The molecular formula is C16H22N2O3. The monoisotopic (exact) mass is 290 g/mol. The van der Waals surface area contributed by atoms with Crippen LogP contribution in [0, 0.1) is 5.41 Å².